The molecule has 3 aromatic heterocycles. The fraction of sp³-hybridized carbons (Fsp3) is 0.500. The highest BCUT2D eigenvalue weighted by Crippen LogP contribution is 2.35. The van der Waals surface area contributed by atoms with Crippen LogP contribution in [-0.2, 0) is 0 Å². The lowest BCUT2D eigenvalue weighted by Gasteiger charge is -2.45. The van der Waals surface area contributed by atoms with Crippen molar-refractivity contribution >= 4 is 17.3 Å². The third-order valence-corrected chi connectivity index (χ3v) is 5.60. The average molecular weight is 350 g/mol. The van der Waals surface area contributed by atoms with Gasteiger partial charge in [-0.25, -0.2) is 9.97 Å². The molecule has 8 heteroatoms. The first-order chi connectivity index (χ1) is 12.7. The van der Waals surface area contributed by atoms with Crippen LogP contribution in [0.25, 0.3) is 5.65 Å². The molecule has 134 valence electrons. The topological polar surface area (TPSA) is 75.3 Å². The molecule has 0 radical (unpaired) electrons. The Kier molecular flexibility index (Phi) is 3.51. The molecule has 8 nitrogen and oxygen atoms in total. The number of aryl methyl sites for hydroxylation is 1. The van der Waals surface area contributed by atoms with Gasteiger partial charge < -0.3 is 9.80 Å². The van der Waals surface area contributed by atoms with Crippen LogP contribution >= 0.6 is 0 Å². The van der Waals surface area contributed by atoms with Crippen molar-refractivity contribution in [2.45, 2.75) is 38.1 Å². The number of hydrogen-bond donors (Lipinski definition) is 0. The molecule has 2 fully saturated rings. The summed E-state index contributed by atoms with van der Waals surface area (Å²) in [5.41, 5.74) is 0.835. The van der Waals surface area contributed by atoms with E-state index in [0.717, 1.165) is 42.0 Å². The molecule has 1 aliphatic heterocycles. The summed E-state index contributed by atoms with van der Waals surface area (Å²) in [6.45, 7) is 3.78. The molecule has 0 aromatic carbocycles. The van der Waals surface area contributed by atoms with E-state index in [1.807, 2.05) is 35.8 Å². The van der Waals surface area contributed by atoms with Gasteiger partial charge in [-0.1, -0.05) is 6.42 Å². The zero-order chi connectivity index (χ0) is 17.7. The third-order valence-electron chi connectivity index (χ3n) is 5.60. The maximum Gasteiger partial charge on any atom is 0.178 e. The largest absolute Gasteiger partial charge is 0.353 e. The van der Waals surface area contributed by atoms with Crippen LogP contribution in [0.15, 0.2) is 24.4 Å². The number of anilines is 2. The molecule has 0 unspecified atom stereocenters. The summed E-state index contributed by atoms with van der Waals surface area (Å²) in [5, 5.41) is 13.4. The summed E-state index contributed by atoms with van der Waals surface area (Å²) in [6.07, 6.45) is 5.49. The Labute approximate surface area is 151 Å². The first-order valence-corrected chi connectivity index (χ1v) is 9.19. The van der Waals surface area contributed by atoms with Crippen LogP contribution in [0.3, 0.4) is 0 Å². The van der Waals surface area contributed by atoms with Crippen molar-refractivity contribution in [3.63, 3.8) is 0 Å². The molecule has 1 saturated carbocycles. The van der Waals surface area contributed by atoms with Gasteiger partial charge in [-0.15, -0.1) is 15.3 Å². The predicted octanol–water partition coefficient (Wildman–Crippen LogP) is 1.82. The van der Waals surface area contributed by atoms with Gasteiger partial charge >= 0.3 is 0 Å². The predicted molar refractivity (Wildman–Crippen MR) is 98.5 cm³/mol. The van der Waals surface area contributed by atoms with Crippen LogP contribution < -0.4 is 9.80 Å². The van der Waals surface area contributed by atoms with E-state index in [0.29, 0.717) is 12.0 Å². The highest BCUT2D eigenvalue weighted by Gasteiger charge is 2.32. The second-order valence-corrected chi connectivity index (χ2v) is 7.28. The summed E-state index contributed by atoms with van der Waals surface area (Å²) in [4.78, 5) is 13.2. The molecule has 1 saturated heterocycles. The minimum absolute atomic E-state index is 0.425. The maximum atomic E-state index is 4.81. The van der Waals surface area contributed by atoms with Crippen molar-refractivity contribution in [1.82, 2.24) is 29.8 Å². The second kappa shape index (κ2) is 5.89. The lowest BCUT2D eigenvalue weighted by molar-refractivity contribution is 0.394. The first-order valence-electron chi connectivity index (χ1n) is 9.19. The molecular formula is C18H22N8. The van der Waals surface area contributed by atoms with Crippen molar-refractivity contribution in [1.29, 1.82) is 0 Å². The van der Waals surface area contributed by atoms with Gasteiger partial charge in [-0.3, -0.25) is 0 Å². The Morgan fingerprint density at radius 2 is 1.96 bits per heavy atom. The number of fused-ring (bicyclic) bond motifs is 1. The van der Waals surface area contributed by atoms with Gasteiger partial charge in [0, 0.05) is 32.3 Å². The molecule has 3 aromatic rings. The Morgan fingerprint density at radius 1 is 1.12 bits per heavy atom. The fourth-order valence-corrected chi connectivity index (χ4v) is 3.60. The second-order valence-electron chi connectivity index (χ2n) is 7.28. The molecule has 26 heavy (non-hydrogen) atoms. The zero-order valence-electron chi connectivity index (χ0n) is 15.1. The van der Waals surface area contributed by atoms with Gasteiger partial charge in [0.2, 0.25) is 0 Å². The van der Waals surface area contributed by atoms with Crippen molar-refractivity contribution in [3.8, 4) is 0 Å². The van der Waals surface area contributed by atoms with Gasteiger partial charge in [-0.2, -0.15) is 4.52 Å². The minimum atomic E-state index is 0.425. The smallest absolute Gasteiger partial charge is 0.178 e. The number of aromatic nitrogens is 6. The summed E-state index contributed by atoms with van der Waals surface area (Å²) in [7, 11) is 2.09. The van der Waals surface area contributed by atoms with Gasteiger partial charge in [0.1, 0.15) is 17.5 Å². The Hall–Kier alpha value is -2.77. The average Bonchev–Trinajstić information content (AvgIpc) is 2.95. The van der Waals surface area contributed by atoms with Crippen LogP contribution in [0.4, 0.5) is 11.6 Å². The Morgan fingerprint density at radius 3 is 2.69 bits per heavy atom. The standard InChI is InChI=1S/C18H22N8/c1-12-19-9-8-15(20-12)24(2)14-10-25(11-14)17-7-6-16-21-22-18(26(16)23-17)13-4-3-5-13/h6-9,13-14H,3-5,10-11H2,1-2H3. The van der Waals surface area contributed by atoms with Gasteiger partial charge in [0.05, 0.1) is 6.04 Å². The van der Waals surface area contributed by atoms with E-state index in [9.17, 15) is 0 Å². The Bertz CT molecular complexity index is 941. The summed E-state index contributed by atoms with van der Waals surface area (Å²) >= 11 is 0. The van der Waals surface area contributed by atoms with Gasteiger partial charge in [-0.05, 0) is 38.0 Å². The Balaban J connectivity index is 1.32. The minimum Gasteiger partial charge on any atom is -0.353 e. The van der Waals surface area contributed by atoms with E-state index in [1.54, 1.807) is 0 Å². The first kappa shape index (κ1) is 15.5. The molecule has 0 amide bonds. The van der Waals surface area contributed by atoms with Gasteiger partial charge in [0.15, 0.2) is 11.5 Å². The number of hydrogen-bond acceptors (Lipinski definition) is 7. The normalized spacial score (nSPS) is 18.0. The molecule has 0 atom stereocenters. The van der Waals surface area contributed by atoms with Crippen molar-refractivity contribution in [3.05, 3.63) is 36.0 Å². The van der Waals surface area contributed by atoms with Gasteiger partial charge in [0.25, 0.3) is 0 Å². The summed E-state index contributed by atoms with van der Waals surface area (Å²) in [5.74, 6) is 4.29. The maximum absolute atomic E-state index is 4.81. The quantitative estimate of drug-likeness (QED) is 0.710. The molecule has 1 aliphatic carbocycles. The molecule has 4 heterocycles. The van der Waals surface area contributed by atoms with Crippen LogP contribution in [-0.4, -0.2) is 56.0 Å². The van der Waals surface area contributed by atoms with Crippen molar-refractivity contribution in [2.75, 3.05) is 29.9 Å². The van der Waals surface area contributed by atoms with E-state index in [-0.39, 0.29) is 0 Å². The van der Waals surface area contributed by atoms with E-state index < -0.39 is 0 Å². The van der Waals surface area contributed by atoms with Crippen molar-refractivity contribution in [2.24, 2.45) is 0 Å². The van der Waals surface area contributed by atoms with Crippen LogP contribution in [0.2, 0.25) is 0 Å². The van der Waals surface area contributed by atoms with Crippen LogP contribution in [0.5, 0.6) is 0 Å². The van der Waals surface area contributed by atoms with E-state index in [2.05, 4.69) is 37.0 Å². The number of rotatable bonds is 4. The monoisotopic (exact) mass is 350 g/mol. The molecule has 0 N–H and O–H groups in total. The molecule has 0 spiro atoms. The molecular weight excluding hydrogens is 328 g/mol. The molecule has 2 aliphatic rings. The number of likely N-dealkylation sites (N-methyl/N-ethyl adjacent to an activating group) is 1. The van der Waals surface area contributed by atoms with Crippen LogP contribution in [0.1, 0.15) is 36.8 Å². The zero-order valence-corrected chi connectivity index (χ0v) is 15.1. The third kappa shape index (κ3) is 2.48. The lowest BCUT2D eigenvalue weighted by atomic mass is 9.85. The lowest BCUT2D eigenvalue weighted by Crippen LogP contribution is -2.59. The summed E-state index contributed by atoms with van der Waals surface area (Å²) in [6, 6.07) is 6.44. The van der Waals surface area contributed by atoms with E-state index in [1.165, 1.54) is 19.3 Å². The fourth-order valence-electron chi connectivity index (χ4n) is 3.60. The SMILES string of the molecule is Cc1nccc(N(C)C2CN(c3ccc4nnc(C5CCC5)n4n3)C2)n1. The molecule has 0 bridgehead atoms. The van der Waals surface area contributed by atoms with Crippen molar-refractivity contribution < 1.29 is 0 Å². The highest BCUT2D eigenvalue weighted by atomic mass is 15.4. The van der Waals surface area contributed by atoms with Crippen LogP contribution in [0, 0.1) is 6.92 Å². The highest BCUT2D eigenvalue weighted by molar-refractivity contribution is 5.50. The number of nitrogens with zero attached hydrogens (tertiary/aromatic N) is 8. The van der Waals surface area contributed by atoms with E-state index in [4.69, 9.17) is 5.10 Å². The molecule has 5 rings (SSSR count). The van der Waals surface area contributed by atoms with E-state index >= 15 is 0 Å². The summed E-state index contributed by atoms with van der Waals surface area (Å²) < 4.78 is 1.93.